The van der Waals surface area contributed by atoms with E-state index in [1.807, 2.05) is 12.1 Å². The van der Waals surface area contributed by atoms with Gasteiger partial charge in [0.1, 0.15) is 12.4 Å². The zero-order valence-electron chi connectivity index (χ0n) is 16.2. The van der Waals surface area contributed by atoms with E-state index in [4.69, 9.17) is 0 Å². The number of amides is 1. The smallest absolute Gasteiger partial charge is 0.306 e. The van der Waals surface area contributed by atoms with Gasteiger partial charge in [0.25, 0.3) is 0 Å². The van der Waals surface area contributed by atoms with Gasteiger partial charge in [-0.25, -0.2) is 0 Å². The number of aromatic nitrogens is 2. The van der Waals surface area contributed by atoms with Crippen molar-refractivity contribution >= 4 is 11.6 Å². The molecule has 1 fully saturated rings. The number of rotatable bonds is 8. The average molecular weight is 385 g/mol. The minimum absolute atomic E-state index is 0.0681. The van der Waals surface area contributed by atoms with Gasteiger partial charge < -0.3 is 5.32 Å². The molecule has 2 heterocycles. The molecule has 150 valence electrons. The van der Waals surface area contributed by atoms with E-state index in [1.54, 1.807) is 0 Å². The largest absolute Gasteiger partial charge is 0.352 e. The Kier molecular flexibility index (Phi) is 6.76. The fourth-order valence-corrected chi connectivity index (χ4v) is 3.41. The number of hydrogen-bond donors (Lipinski definition) is 1. The number of likely N-dealkylation sites (tertiary alicyclic amines) is 1. The number of aryl methyl sites for hydroxylation is 1. The van der Waals surface area contributed by atoms with Crippen LogP contribution in [-0.2, 0) is 24.4 Å². The minimum atomic E-state index is -0.497. The number of carbonyl (C=O) groups is 1. The van der Waals surface area contributed by atoms with Crippen molar-refractivity contribution in [2.24, 2.45) is 5.92 Å². The lowest BCUT2D eigenvalue weighted by molar-refractivity contribution is -0.385. The lowest BCUT2D eigenvalue weighted by atomic mass is 9.98. The summed E-state index contributed by atoms with van der Waals surface area (Å²) in [4.78, 5) is 24.8. The highest BCUT2D eigenvalue weighted by atomic mass is 16.6. The van der Waals surface area contributed by atoms with Gasteiger partial charge in [-0.3, -0.25) is 24.5 Å². The Balaban J connectivity index is 1.48. The third kappa shape index (κ3) is 5.63. The molecule has 1 aliphatic heterocycles. The van der Waals surface area contributed by atoms with E-state index in [2.05, 4.69) is 34.4 Å². The van der Waals surface area contributed by atoms with E-state index in [0.29, 0.717) is 13.1 Å². The second-order valence-corrected chi connectivity index (χ2v) is 7.47. The summed E-state index contributed by atoms with van der Waals surface area (Å²) in [6.07, 6.45) is 5.23. The molecule has 1 aromatic heterocycles. The molecule has 8 heteroatoms. The number of nitrogens with zero attached hydrogens (tertiary/aromatic N) is 4. The molecule has 1 aromatic carbocycles. The van der Waals surface area contributed by atoms with Crippen LogP contribution in [0.2, 0.25) is 0 Å². The number of carbonyl (C=O) groups excluding carboxylic acids is 1. The van der Waals surface area contributed by atoms with E-state index < -0.39 is 4.92 Å². The van der Waals surface area contributed by atoms with Gasteiger partial charge in [0.2, 0.25) is 5.91 Å². The standard InChI is InChI=1S/C20H27N5O3/c1-16-6-9-23(10-7-16)14-18-5-3-2-4-17(18)12-21-20(26)8-11-24-15-19(13-22-24)25(27)28/h2-5,13,15-16H,6-12,14H2,1H3,(H,21,26). The van der Waals surface area contributed by atoms with E-state index >= 15 is 0 Å². The van der Waals surface area contributed by atoms with Crippen LogP contribution in [0.4, 0.5) is 5.69 Å². The number of piperidine rings is 1. The van der Waals surface area contributed by atoms with Crippen molar-refractivity contribution in [3.8, 4) is 0 Å². The Morgan fingerprint density at radius 2 is 2.00 bits per heavy atom. The third-order valence-corrected chi connectivity index (χ3v) is 5.26. The summed E-state index contributed by atoms with van der Waals surface area (Å²) in [5.74, 6) is 0.710. The molecular formula is C20H27N5O3. The molecule has 0 bridgehead atoms. The van der Waals surface area contributed by atoms with Crippen LogP contribution in [0.5, 0.6) is 0 Å². The van der Waals surface area contributed by atoms with Gasteiger partial charge in [-0.2, -0.15) is 5.10 Å². The van der Waals surface area contributed by atoms with Gasteiger partial charge in [0.05, 0.1) is 4.92 Å². The number of nitro groups is 1. The summed E-state index contributed by atoms with van der Waals surface area (Å²) in [7, 11) is 0. The fraction of sp³-hybridized carbons (Fsp3) is 0.500. The zero-order chi connectivity index (χ0) is 19.9. The molecule has 0 spiro atoms. The maximum Gasteiger partial charge on any atom is 0.306 e. The lowest BCUT2D eigenvalue weighted by Gasteiger charge is -2.30. The Bertz CT molecular complexity index is 812. The molecule has 2 aromatic rings. The van der Waals surface area contributed by atoms with Crippen LogP contribution in [-0.4, -0.2) is 38.6 Å². The first kappa shape index (κ1) is 20.0. The molecular weight excluding hydrogens is 358 g/mol. The SMILES string of the molecule is CC1CCN(Cc2ccccc2CNC(=O)CCn2cc([N+](=O)[O-])cn2)CC1. The molecule has 1 amide bonds. The first-order chi connectivity index (χ1) is 13.5. The van der Waals surface area contributed by atoms with Crippen molar-refractivity contribution in [3.63, 3.8) is 0 Å². The molecule has 8 nitrogen and oxygen atoms in total. The Hall–Kier alpha value is -2.74. The predicted octanol–water partition coefficient (Wildman–Crippen LogP) is 2.73. The minimum Gasteiger partial charge on any atom is -0.352 e. The van der Waals surface area contributed by atoms with E-state index in [0.717, 1.165) is 31.1 Å². The summed E-state index contributed by atoms with van der Waals surface area (Å²) in [6.45, 7) is 6.26. The Morgan fingerprint density at radius 3 is 2.68 bits per heavy atom. The molecule has 0 unspecified atom stereocenters. The normalized spacial score (nSPS) is 15.5. The number of hydrogen-bond acceptors (Lipinski definition) is 5. The predicted molar refractivity (Wildman–Crippen MR) is 105 cm³/mol. The molecule has 0 atom stereocenters. The van der Waals surface area contributed by atoms with Crippen LogP contribution in [0.3, 0.4) is 0 Å². The summed E-state index contributed by atoms with van der Waals surface area (Å²) in [6, 6.07) is 8.21. The third-order valence-electron chi connectivity index (χ3n) is 5.26. The molecule has 3 rings (SSSR count). The van der Waals surface area contributed by atoms with Gasteiger partial charge >= 0.3 is 5.69 Å². The van der Waals surface area contributed by atoms with Crippen molar-refractivity contribution in [2.75, 3.05) is 13.1 Å². The summed E-state index contributed by atoms with van der Waals surface area (Å²) < 4.78 is 1.42. The van der Waals surface area contributed by atoms with Gasteiger partial charge in [0, 0.05) is 26.1 Å². The summed E-state index contributed by atoms with van der Waals surface area (Å²) in [5, 5.41) is 17.5. The van der Waals surface area contributed by atoms with Gasteiger partial charge in [-0.1, -0.05) is 31.2 Å². The molecule has 1 N–H and O–H groups in total. The highest BCUT2D eigenvalue weighted by Gasteiger charge is 2.17. The van der Waals surface area contributed by atoms with Crippen molar-refractivity contribution in [3.05, 3.63) is 57.9 Å². The van der Waals surface area contributed by atoms with E-state index in [9.17, 15) is 14.9 Å². The number of nitrogens with one attached hydrogen (secondary N) is 1. The lowest BCUT2D eigenvalue weighted by Crippen LogP contribution is -2.33. The topological polar surface area (TPSA) is 93.3 Å². The van der Waals surface area contributed by atoms with Crippen LogP contribution in [0.15, 0.2) is 36.7 Å². The van der Waals surface area contributed by atoms with Crippen LogP contribution < -0.4 is 5.32 Å². The van der Waals surface area contributed by atoms with Crippen molar-refractivity contribution in [1.82, 2.24) is 20.0 Å². The van der Waals surface area contributed by atoms with E-state index in [1.165, 1.54) is 35.5 Å². The van der Waals surface area contributed by atoms with Crippen LogP contribution in [0.25, 0.3) is 0 Å². The first-order valence-corrected chi connectivity index (χ1v) is 9.74. The van der Waals surface area contributed by atoms with Crippen molar-refractivity contribution in [2.45, 2.75) is 45.8 Å². The Morgan fingerprint density at radius 1 is 1.29 bits per heavy atom. The molecule has 0 saturated carbocycles. The first-order valence-electron chi connectivity index (χ1n) is 9.74. The molecule has 1 aliphatic rings. The maximum absolute atomic E-state index is 12.2. The molecule has 0 radical (unpaired) electrons. The van der Waals surface area contributed by atoms with Crippen LogP contribution in [0, 0.1) is 16.0 Å². The molecule has 1 saturated heterocycles. The van der Waals surface area contributed by atoms with Crippen LogP contribution in [0.1, 0.15) is 37.3 Å². The maximum atomic E-state index is 12.2. The zero-order valence-corrected chi connectivity index (χ0v) is 16.2. The average Bonchev–Trinajstić information content (AvgIpc) is 3.17. The second kappa shape index (κ2) is 9.45. The Labute approximate surface area is 164 Å². The highest BCUT2D eigenvalue weighted by molar-refractivity contribution is 5.75. The second-order valence-electron chi connectivity index (χ2n) is 7.47. The number of benzene rings is 1. The van der Waals surface area contributed by atoms with Crippen molar-refractivity contribution in [1.29, 1.82) is 0 Å². The van der Waals surface area contributed by atoms with Crippen molar-refractivity contribution < 1.29 is 9.72 Å². The monoisotopic (exact) mass is 385 g/mol. The summed E-state index contributed by atoms with van der Waals surface area (Å²) in [5.41, 5.74) is 2.31. The molecule has 28 heavy (non-hydrogen) atoms. The van der Waals surface area contributed by atoms with Gasteiger partial charge in [-0.15, -0.1) is 0 Å². The molecule has 0 aliphatic carbocycles. The quantitative estimate of drug-likeness (QED) is 0.557. The van der Waals surface area contributed by atoms with Crippen LogP contribution >= 0.6 is 0 Å². The van der Waals surface area contributed by atoms with E-state index in [-0.39, 0.29) is 18.0 Å². The van der Waals surface area contributed by atoms with Gasteiger partial charge in [0.15, 0.2) is 0 Å². The summed E-state index contributed by atoms with van der Waals surface area (Å²) >= 11 is 0. The van der Waals surface area contributed by atoms with Gasteiger partial charge in [-0.05, 0) is 43.0 Å². The highest BCUT2D eigenvalue weighted by Crippen LogP contribution is 2.19. The fourth-order valence-electron chi connectivity index (χ4n) is 3.41.